The van der Waals surface area contributed by atoms with Crippen molar-refractivity contribution in [1.29, 1.82) is 0 Å². The van der Waals surface area contributed by atoms with Crippen molar-refractivity contribution in [2.75, 3.05) is 0 Å². The fourth-order valence-corrected chi connectivity index (χ4v) is 2.13. The van der Waals surface area contributed by atoms with E-state index in [1.54, 1.807) is 0 Å². The first-order valence-electron chi connectivity index (χ1n) is 6.40. The fraction of sp³-hybridized carbons (Fsp3) is 0.846. The van der Waals surface area contributed by atoms with Gasteiger partial charge in [-0.2, -0.15) is 0 Å². The summed E-state index contributed by atoms with van der Waals surface area (Å²) >= 11 is 0. The van der Waals surface area contributed by atoms with Gasteiger partial charge in [0.2, 0.25) is 5.91 Å². The van der Waals surface area contributed by atoms with Crippen LogP contribution in [0.1, 0.15) is 52.9 Å². The molecule has 4 heteroatoms. The lowest BCUT2D eigenvalue weighted by molar-refractivity contribution is -0.144. The predicted molar refractivity (Wildman–Crippen MR) is 65.6 cm³/mol. The molecule has 0 aromatic rings. The van der Waals surface area contributed by atoms with Crippen molar-refractivity contribution in [3.8, 4) is 0 Å². The Morgan fingerprint density at radius 3 is 2.06 bits per heavy atom. The predicted octanol–water partition coefficient (Wildman–Crippen LogP) is 2.18. The largest absolute Gasteiger partial charge is 0.481 e. The van der Waals surface area contributed by atoms with Gasteiger partial charge in [-0.25, -0.2) is 0 Å². The summed E-state index contributed by atoms with van der Waals surface area (Å²) in [5, 5.41) is 11.9. The third-order valence-electron chi connectivity index (χ3n) is 3.79. The average Bonchev–Trinajstić information content (AvgIpc) is 2.28. The first-order valence-corrected chi connectivity index (χ1v) is 6.40. The van der Waals surface area contributed by atoms with Crippen molar-refractivity contribution in [1.82, 2.24) is 5.32 Å². The van der Waals surface area contributed by atoms with Gasteiger partial charge in [0.1, 0.15) is 0 Å². The highest BCUT2D eigenvalue weighted by Crippen LogP contribution is 2.29. The molecule has 0 atom stereocenters. The van der Waals surface area contributed by atoms with Crippen molar-refractivity contribution < 1.29 is 14.7 Å². The molecule has 98 valence electrons. The summed E-state index contributed by atoms with van der Waals surface area (Å²) in [7, 11) is 0. The van der Waals surface area contributed by atoms with E-state index in [4.69, 9.17) is 5.11 Å². The van der Waals surface area contributed by atoms with E-state index in [1.165, 1.54) is 0 Å². The standard InChI is InChI=1S/C13H23NO3/c1-4-13(2,3)14-11(15)9-5-7-10(8-6-9)12(16)17/h9-10H,4-8H2,1-3H3,(H,14,15)(H,16,17). The van der Waals surface area contributed by atoms with Gasteiger partial charge in [-0.3, -0.25) is 9.59 Å². The number of carboxylic acids is 1. The van der Waals surface area contributed by atoms with Crippen LogP contribution in [0.25, 0.3) is 0 Å². The molecule has 1 fully saturated rings. The van der Waals surface area contributed by atoms with E-state index >= 15 is 0 Å². The molecule has 4 nitrogen and oxygen atoms in total. The third kappa shape index (κ3) is 4.02. The second kappa shape index (κ2) is 5.52. The van der Waals surface area contributed by atoms with Crippen LogP contribution < -0.4 is 5.32 Å². The summed E-state index contributed by atoms with van der Waals surface area (Å²) in [6.07, 6.45) is 3.54. The minimum absolute atomic E-state index is 0.00331. The van der Waals surface area contributed by atoms with E-state index in [1.807, 2.05) is 20.8 Å². The number of carbonyl (C=O) groups excluding carboxylic acids is 1. The number of hydrogen-bond acceptors (Lipinski definition) is 2. The Morgan fingerprint density at radius 1 is 1.18 bits per heavy atom. The van der Waals surface area contributed by atoms with Gasteiger partial charge < -0.3 is 10.4 Å². The van der Waals surface area contributed by atoms with Crippen LogP contribution in [-0.2, 0) is 9.59 Å². The first-order chi connectivity index (χ1) is 7.85. The van der Waals surface area contributed by atoms with Gasteiger partial charge in [0.15, 0.2) is 0 Å². The maximum Gasteiger partial charge on any atom is 0.306 e. The van der Waals surface area contributed by atoms with Crippen molar-refractivity contribution in [2.24, 2.45) is 11.8 Å². The van der Waals surface area contributed by atoms with E-state index in [-0.39, 0.29) is 23.3 Å². The summed E-state index contributed by atoms with van der Waals surface area (Å²) < 4.78 is 0. The molecule has 0 unspecified atom stereocenters. The number of carbonyl (C=O) groups is 2. The van der Waals surface area contributed by atoms with Gasteiger partial charge in [-0.15, -0.1) is 0 Å². The van der Waals surface area contributed by atoms with Crippen molar-refractivity contribution in [2.45, 2.75) is 58.4 Å². The lowest BCUT2D eigenvalue weighted by Gasteiger charge is -2.30. The van der Waals surface area contributed by atoms with Gasteiger partial charge >= 0.3 is 5.97 Å². The molecule has 0 spiro atoms. The monoisotopic (exact) mass is 241 g/mol. The molecule has 0 aromatic heterocycles. The molecule has 1 aliphatic carbocycles. The van der Waals surface area contributed by atoms with Gasteiger partial charge in [-0.05, 0) is 46.0 Å². The van der Waals surface area contributed by atoms with Crippen LogP contribution in [0.15, 0.2) is 0 Å². The minimum Gasteiger partial charge on any atom is -0.481 e. The van der Waals surface area contributed by atoms with Crippen molar-refractivity contribution in [3.63, 3.8) is 0 Å². The number of rotatable bonds is 4. The maximum atomic E-state index is 12.0. The number of carboxylic acid groups (broad SMARTS) is 1. The average molecular weight is 241 g/mol. The summed E-state index contributed by atoms with van der Waals surface area (Å²) in [5.74, 6) is -0.895. The molecule has 17 heavy (non-hydrogen) atoms. The highest BCUT2D eigenvalue weighted by Gasteiger charge is 2.31. The Hall–Kier alpha value is -1.06. The lowest BCUT2D eigenvalue weighted by atomic mass is 9.81. The molecule has 0 saturated heterocycles. The van der Waals surface area contributed by atoms with Crippen LogP contribution in [0, 0.1) is 11.8 Å². The third-order valence-corrected chi connectivity index (χ3v) is 3.79. The molecular weight excluding hydrogens is 218 g/mol. The SMILES string of the molecule is CCC(C)(C)NC(=O)C1CCC(C(=O)O)CC1. The van der Waals surface area contributed by atoms with Crippen LogP contribution >= 0.6 is 0 Å². The van der Waals surface area contributed by atoms with E-state index < -0.39 is 5.97 Å². The Bertz CT molecular complexity index is 291. The molecule has 0 bridgehead atoms. The maximum absolute atomic E-state index is 12.0. The molecule has 0 radical (unpaired) electrons. The molecule has 1 aliphatic rings. The van der Waals surface area contributed by atoms with E-state index in [0.29, 0.717) is 25.7 Å². The van der Waals surface area contributed by atoms with E-state index in [0.717, 1.165) is 6.42 Å². The topological polar surface area (TPSA) is 66.4 Å². The van der Waals surface area contributed by atoms with Crippen molar-refractivity contribution >= 4 is 11.9 Å². The lowest BCUT2D eigenvalue weighted by Crippen LogP contribution is -2.46. The minimum atomic E-state index is -0.724. The van der Waals surface area contributed by atoms with Gasteiger partial charge in [0.05, 0.1) is 5.92 Å². The van der Waals surface area contributed by atoms with E-state index in [9.17, 15) is 9.59 Å². The Morgan fingerprint density at radius 2 is 1.65 bits per heavy atom. The number of nitrogens with one attached hydrogen (secondary N) is 1. The smallest absolute Gasteiger partial charge is 0.306 e. The molecule has 1 amide bonds. The Labute approximate surface area is 103 Å². The molecule has 1 rings (SSSR count). The molecular formula is C13H23NO3. The zero-order valence-corrected chi connectivity index (χ0v) is 11.0. The summed E-state index contributed by atoms with van der Waals surface area (Å²) in [6, 6.07) is 0. The van der Waals surface area contributed by atoms with E-state index in [2.05, 4.69) is 5.32 Å². The molecule has 0 aliphatic heterocycles. The number of aliphatic carboxylic acids is 1. The quantitative estimate of drug-likeness (QED) is 0.792. The highest BCUT2D eigenvalue weighted by atomic mass is 16.4. The molecule has 2 N–H and O–H groups in total. The second-order valence-corrected chi connectivity index (χ2v) is 5.61. The van der Waals surface area contributed by atoms with Crippen LogP contribution in [0.3, 0.4) is 0 Å². The zero-order valence-electron chi connectivity index (χ0n) is 11.0. The molecule has 0 aromatic carbocycles. The van der Waals surface area contributed by atoms with Crippen LogP contribution in [0.5, 0.6) is 0 Å². The van der Waals surface area contributed by atoms with Crippen molar-refractivity contribution in [3.05, 3.63) is 0 Å². The molecule has 1 saturated carbocycles. The Balaban J connectivity index is 2.44. The van der Waals surface area contributed by atoms with Gasteiger partial charge in [0.25, 0.3) is 0 Å². The number of hydrogen-bond donors (Lipinski definition) is 2. The zero-order chi connectivity index (χ0) is 13.1. The van der Waals surface area contributed by atoms with Crippen LogP contribution in [0.4, 0.5) is 0 Å². The van der Waals surface area contributed by atoms with Gasteiger partial charge in [-0.1, -0.05) is 6.92 Å². The van der Waals surface area contributed by atoms with Gasteiger partial charge in [0, 0.05) is 11.5 Å². The first kappa shape index (κ1) is 14.0. The Kier molecular flexibility index (Phi) is 4.54. The summed E-state index contributed by atoms with van der Waals surface area (Å²) in [6.45, 7) is 6.06. The normalized spacial score (nSPS) is 25.4. The fourth-order valence-electron chi connectivity index (χ4n) is 2.13. The second-order valence-electron chi connectivity index (χ2n) is 5.61. The highest BCUT2D eigenvalue weighted by molar-refractivity contribution is 5.80. The van der Waals surface area contributed by atoms with Crippen LogP contribution in [0.2, 0.25) is 0 Å². The van der Waals surface area contributed by atoms with Crippen LogP contribution in [-0.4, -0.2) is 22.5 Å². The number of amides is 1. The summed E-state index contributed by atoms with van der Waals surface area (Å²) in [5.41, 5.74) is -0.166. The molecule has 0 heterocycles. The summed E-state index contributed by atoms with van der Waals surface area (Å²) in [4.78, 5) is 22.8.